The molecule has 5 nitrogen and oxygen atoms in total. The molecule has 0 radical (unpaired) electrons. The van der Waals surface area contributed by atoms with Crippen LogP contribution in [-0.4, -0.2) is 47.7 Å². The van der Waals surface area contributed by atoms with Crippen molar-refractivity contribution in [2.45, 2.75) is 12.4 Å². The molecule has 1 aliphatic heterocycles. The van der Waals surface area contributed by atoms with Crippen LogP contribution in [0.1, 0.15) is 5.56 Å². The fourth-order valence-corrected chi connectivity index (χ4v) is 2.83. The molecule has 0 unspecified atom stereocenters. The number of rotatable bonds is 4. The molecule has 27 heavy (non-hydrogen) atoms. The highest BCUT2D eigenvalue weighted by atomic mass is 35.5. The second-order valence-electron chi connectivity index (χ2n) is 5.88. The Morgan fingerprint density at radius 3 is 2.19 bits per heavy atom. The first-order valence-corrected chi connectivity index (χ1v) is 7.37. The second kappa shape index (κ2) is 8.34. The summed E-state index contributed by atoms with van der Waals surface area (Å²) in [6.07, 6.45) is -9.47. The summed E-state index contributed by atoms with van der Waals surface area (Å²) in [5.41, 5.74) is -1.61. The Morgan fingerprint density at radius 2 is 1.70 bits per heavy atom. The Balaban J connectivity index is 0.00000364. The van der Waals surface area contributed by atoms with Crippen molar-refractivity contribution in [1.82, 2.24) is 4.90 Å². The largest absolute Gasteiger partial charge is 0.481 e. The molecule has 12 heteroatoms. The van der Waals surface area contributed by atoms with Crippen LogP contribution in [0.15, 0.2) is 24.3 Å². The smallest absolute Gasteiger partial charge is 0.418 e. The topological polar surface area (TPSA) is 69.6 Å². The number of carboxylic acid groups (broad SMARTS) is 1. The minimum Gasteiger partial charge on any atom is -0.481 e. The maximum Gasteiger partial charge on any atom is 0.418 e. The molecule has 1 saturated heterocycles. The zero-order valence-corrected chi connectivity index (χ0v) is 14.3. The molecule has 0 saturated carbocycles. The molecule has 152 valence electrons. The molecule has 0 spiro atoms. The van der Waals surface area contributed by atoms with Crippen LogP contribution in [0.5, 0.6) is 0 Å². The van der Waals surface area contributed by atoms with Crippen molar-refractivity contribution >= 4 is 30.0 Å². The SMILES string of the molecule is Cl.O=C(CN1C[C@@H](C(F)(F)F)[C@H](C(=O)O)C1)Nc1ccccc1C(F)(F)F. The van der Waals surface area contributed by atoms with Gasteiger partial charge in [0.2, 0.25) is 5.91 Å². The van der Waals surface area contributed by atoms with Gasteiger partial charge in [-0.15, -0.1) is 12.4 Å². The van der Waals surface area contributed by atoms with E-state index in [9.17, 15) is 35.9 Å². The van der Waals surface area contributed by atoms with Gasteiger partial charge in [-0.3, -0.25) is 14.5 Å². The van der Waals surface area contributed by atoms with Gasteiger partial charge in [-0.25, -0.2) is 0 Å². The molecule has 1 fully saturated rings. The van der Waals surface area contributed by atoms with Gasteiger partial charge in [0.15, 0.2) is 0 Å². The number of likely N-dealkylation sites (tertiary alicyclic amines) is 1. The van der Waals surface area contributed by atoms with Crippen LogP contribution in [0, 0.1) is 11.8 Å². The number of anilines is 1. The first-order chi connectivity index (χ1) is 11.9. The zero-order valence-electron chi connectivity index (χ0n) is 13.5. The van der Waals surface area contributed by atoms with Gasteiger partial charge in [0.25, 0.3) is 0 Å². The summed E-state index contributed by atoms with van der Waals surface area (Å²) in [7, 11) is 0. The Labute approximate surface area is 155 Å². The van der Waals surface area contributed by atoms with Crippen molar-refractivity contribution < 1.29 is 41.0 Å². The average Bonchev–Trinajstić information content (AvgIpc) is 2.90. The van der Waals surface area contributed by atoms with Crippen LogP contribution in [0.3, 0.4) is 0 Å². The number of alkyl halides is 6. The van der Waals surface area contributed by atoms with E-state index in [2.05, 4.69) is 0 Å². The maximum absolute atomic E-state index is 12.9. The summed E-state index contributed by atoms with van der Waals surface area (Å²) in [5, 5.41) is 10.9. The number of para-hydroxylation sites is 1. The molecule has 1 aromatic rings. The van der Waals surface area contributed by atoms with Crippen LogP contribution < -0.4 is 5.32 Å². The summed E-state index contributed by atoms with van der Waals surface area (Å²) in [5.74, 6) is -6.48. The van der Waals surface area contributed by atoms with Crippen LogP contribution in [0.4, 0.5) is 32.0 Å². The standard InChI is InChI=1S/C15H14F6N2O3.ClH/c16-14(17,18)9-3-1-2-4-11(9)22-12(24)7-23-5-8(13(25)26)10(6-23)15(19,20)21;/h1-4,8,10H,5-7H2,(H,22,24)(H,25,26);1H/t8-,10-;/m1./s1. The third-order valence-corrected chi connectivity index (χ3v) is 4.01. The Hall–Kier alpha value is -2.01. The number of halogens is 7. The summed E-state index contributed by atoms with van der Waals surface area (Å²) in [4.78, 5) is 23.9. The van der Waals surface area contributed by atoms with E-state index in [0.29, 0.717) is 0 Å². The number of nitrogens with one attached hydrogen (secondary N) is 1. The monoisotopic (exact) mass is 420 g/mol. The van der Waals surface area contributed by atoms with Crippen molar-refractivity contribution in [2.75, 3.05) is 25.0 Å². The molecular weight excluding hydrogens is 406 g/mol. The van der Waals surface area contributed by atoms with Crippen molar-refractivity contribution in [1.29, 1.82) is 0 Å². The fourth-order valence-electron chi connectivity index (χ4n) is 2.83. The molecule has 2 atom stereocenters. The van der Waals surface area contributed by atoms with E-state index in [1.54, 1.807) is 0 Å². The van der Waals surface area contributed by atoms with Crippen LogP contribution in [0.2, 0.25) is 0 Å². The van der Waals surface area contributed by atoms with Gasteiger partial charge in [0, 0.05) is 13.1 Å². The van der Waals surface area contributed by atoms with Crippen molar-refractivity contribution in [2.24, 2.45) is 11.8 Å². The molecule has 1 amide bonds. The molecule has 1 aliphatic rings. The quantitative estimate of drug-likeness (QED) is 0.734. The highest BCUT2D eigenvalue weighted by Gasteiger charge is 2.52. The number of carbonyl (C=O) groups is 2. The van der Waals surface area contributed by atoms with Gasteiger partial charge in [-0.05, 0) is 12.1 Å². The molecule has 0 aromatic heterocycles. The third-order valence-electron chi connectivity index (χ3n) is 4.01. The van der Waals surface area contributed by atoms with E-state index in [4.69, 9.17) is 5.11 Å². The van der Waals surface area contributed by atoms with Gasteiger partial charge in [0.1, 0.15) is 0 Å². The molecule has 2 rings (SSSR count). The van der Waals surface area contributed by atoms with E-state index in [1.165, 1.54) is 6.07 Å². The summed E-state index contributed by atoms with van der Waals surface area (Å²) < 4.78 is 77.3. The minimum atomic E-state index is -4.75. The van der Waals surface area contributed by atoms with Crippen molar-refractivity contribution in [3.8, 4) is 0 Å². The number of hydrogen-bond acceptors (Lipinski definition) is 3. The predicted octanol–water partition coefficient (Wildman–Crippen LogP) is 3.26. The highest BCUT2D eigenvalue weighted by Crippen LogP contribution is 2.38. The van der Waals surface area contributed by atoms with Crippen LogP contribution in [0.25, 0.3) is 0 Å². The first-order valence-electron chi connectivity index (χ1n) is 7.37. The predicted molar refractivity (Wildman–Crippen MR) is 84.4 cm³/mol. The second-order valence-corrected chi connectivity index (χ2v) is 5.88. The third kappa shape index (κ3) is 5.73. The number of carboxylic acids is 1. The highest BCUT2D eigenvalue weighted by molar-refractivity contribution is 5.93. The van der Waals surface area contributed by atoms with E-state index in [1.807, 2.05) is 5.32 Å². The normalized spacial score (nSPS) is 20.8. The Kier molecular flexibility index (Phi) is 7.11. The molecule has 1 aromatic carbocycles. The zero-order chi connectivity index (χ0) is 19.7. The summed E-state index contributed by atoms with van der Waals surface area (Å²) in [6.45, 7) is -1.88. The van der Waals surface area contributed by atoms with E-state index >= 15 is 0 Å². The minimum absolute atomic E-state index is 0. The van der Waals surface area contributed by atoms with Crippen molar-refractivity contribution in [3.05, 3.63) is 29.8 Å². The van der Waals surface area contributed by atoms with Crippen molar-refractivity contribution in [3.63, 3.8) is 0 Å². The van der Waals surface area contributed by atoms with Gasteiger partial charge >= 0.3 is 18.3 Å². The average molecular weight is 421 g/mol. The number of carbonyl (C=O) groups excluding carboxylic acids is 1. The first kappa shape index (κ1) is 23.0. The van der Waals surface area contributed by atoms with E-state index < -0.39 is 67.0 Å². The number of aliphatic carboxylic acids is 1. The van der Waals surface area contributed by atoms with Gasteiger partial charge in [-0.2, -0.15) is 26.3 Å². The number of amides is 1. The summed E-state index contributed by atoms with van der Waals surface area (Å²) >= 11 is 0. The summed E-state index contributed by atoms with van der Waals surface area (Å²) in [6, 6.07) is 4.17. The number of hydrogen-bond donors (Lipinski definition) is 2. The van der Waals surface area contributed by atoms with Crippen LogP contribution in [-0.2, 0) is 15.8 Å². The van der Waals surface area contributed by atoms with Crippen LogP contribution >= 0.6 is 12.4 Å². The van der Waals surface area contributed by atoms with E-state index in [0.717, 1.165) is 23.1 Å². The molecule has 1 heterocycles. The fraction of sp³-hybridized carbons (Fsp3) is 0.467. The van der Waals surface area contributed by atoms with E-state index in [-0.39, 0.29) is 12.4 Å². The molecule has 0 aliphatic carbocycles. The lowest BCUT2D eigenvalue weighted by molar-refractivity contribution is -0.188. The maximum atomic E-state index is 12.9. The molecular formula is C15H15ClF6N2O3. The van der Waals surface area contributed by atoms with Gasteiger partial charge < -0.3 is 10.4 Å². The lowest BCUT2D eigenvalue weighted by Crippen LogP contribution is -2.34. The Bertz CT molecular complexity index is 695. The van der Waals surface area contributed by atoms with Gasteiger partial charge in [0.05, 0.1) is 29.6 Å². The lowest BCUT2D eigenvalue weighted by atomic mass is 9.96. The number of benzene rings is 1. The molecule has 2 N–H and O–H groups in total. The lowest BCUT2D eigenvalue weighted by Gasteiger charge is -2.18. The Morgan fingerprint density at radius 1 is 1.11 bits per heavy atom. The number of nitrogens with zero attached hydrogens (tertiary/aromatic N) is 1. The molecule has 0 bridgehead atoms. The van der Waals surface area contributed by atoms with Gasteiger partial charge in [-0.1, -0.05) is 12.1 Å².